The first-order valence-electron chi connectivity index (χ1n) is 3.59. The Balaban J connectivity index is -0.000000320. The second kappa shape index (κ2) is 11.0. The molecule has 0 amide bonds. The molecule has 0 saturated carbocycles. The third-order valence-electron chi connectivity index (χ3n) is 1.21. The minimum absolute atomic E-state index is 0. The first kappa shape index (κ1) is 17.9. The molecule has 0 nitrogen and oxygen atoms in total. The fraction of sp³-hybridized carbons (Fsp3) is 0.667. The molecule has 0 radical (unpaired) electrons. The predicted molar refractivity (Wildman–Crippen MR) is 48.9 cm³/mol. The zero-order chi connectivity index (χ0) is 7.28. The zero-order valence-corrected chi connectivity index (χ0v) is 10.9. The summed E-state index contributed by atoms with van der Waals surface area (Å²) < 4.78 is 0. The van der Waals surface area contributed by atoms with Crippen molar-refractivity contribution in [3.8, 4) is 0 Å². The molecule has 0 rings (SSSR count). The van der Waals surface area contributed by atoms with Gasteiger partial charge in [0, 0.05) is 0 Å². The van der Waals surface area contributed by atoms with Gasteiger partial charge in [-0.15, -0.1) is 0 Å². The van der Waals surface area contributed by atoms with Gasteiger partial charge in [-0.1, -0.05) is 25.0 Å². The molecule has 0 bridgehead atoms. The fourth-order valence-electron chi connectivity index (χ4n) is 0.657. The molecule has 0 fully saturated rings. The smallest absolute Gasteiger partial charge is 1.00 e. The molecule has 0 aromatic carbocycles. The Morgan fingerprint density at radius 3 is 2.18 bits per heavy atom. The van der Waals surface area contributed by atoms with E-state index in [0.717, 1.165) is 0 Å². The van der Waals surface area contributed by atoms with E-state index < -0.39 is 0 Å². The summed E-state index contributed by atoms with van der Waals surface area (Å²) in [5.41, 5.74) is 1.41. The van der Waals surface area contributed by atoms with E-state index in [1.807, 2.05) is 0 Å². The normalized spacial score (nSPS) is 10.5. The maximum atomic E-state index is 3.91. The molecule has 0 heterocycles. The van der Waals surface area contributed by atoms with Gasteiger partial charge in [-0.3, -0.25) is 0 Å². The minimum atomic E-state index is 0. The second-order valence-corrected chi connectivity index (χ2v) is 2.96. The van der Waals surface area contributed by atoms with E-state index in [0.29, 0.717) is 5.92 Å². The predicted octanol–water partition coefficient (Wildman–Crippen LogP) is -0.174. The number of hydrogen-bond donors (Lipinski definition) is 0. The van der Waals surface area contributed by atoms with Crippen molar-refractivity contribution in [3.63, 3.8) is 0 Å². The second-order valence-electron chi connectivity index (χ2n) is 2.96. The Bertz CT molecular complexity index is 93.7. The Morgan fingerprint density at radius 2 is 1.91 bits per heavy atom. The number of rotatable bonds is 3. The molecule has 62 valence electrons. The largest absolute Gasteiger partial charge is 2.00 e. The van der Waals surface area contributed by atoms with E-state index in [1.165, 1.54) is 18.4 Å². The summed E-state index contributed by atoms with van der Waals surface area (Å²) in [7, 11) is 0. The molecule has 1 atom stereocenters. The summed E-state index contributed by atoms with van der Waals surface area (Å²) in [6.07, 6.45) is 4.67. The van der Waals surface area contributed by atoms with Crippen LogP contribution in [0.2, 0.25) is 0 Å². The summed E-state index contributed by atoms with van der Waals surface area (Å²) in [6, 6.07) is 0. The Morgan fingerprint density at radius 1 is 1.45 bits per heavy atom. The van der Waals surface area contributed by atoms with Gasteiger partial charge in [-0.2, -0.15) is 5.92 Å². The summed E-state index contributed by atoms with van der Waals surface area (Å²) in [5.74, 6) is 0.598. The van der Waals surface area contributed by atoms with Gasteiger partial charge in [0.25, 0.3) is 0 Å². The van der Waals surface area contributed by atoms with Crippen LogP contribution in [0.25, 0.3) is 0 Å². The van der Waals surface area contributed by atoms with Crippen LogP contribution < -0.4 is 17.0 Å². The number of hydrogen-bond acceptors (Lipinski definition) is 0. The Hall–Kier alpha value is 0.986. The van der Waals surface area contributed by atoms with Crippen molar-refractivity contribution < 1.29 is 17.0 Å². The molecule has 0 saturated heterocycles. The van der Waals surface area contributed by atoms with Crippen LogP contribution >= 0.6 is 0 Å². The molecule has 0 aliphatic rings. The van der Waals surface area contributed by atoms with E-state index >= 15 is 0 Å². The van der Waals surface area contributed by atoms with Crippen molar-refractivity contribution >= 4 is 23.1 Å². The van der Waals surface area contributed by atoms with Crippen LogP contribution in [0.15, 0.2) is 11.6 Å². The first-order chi connectivity index (χ1) is 4.13. The molecule has 0 aromatic heterocycles. The zero-order valence-electron chi connectivity index (χ0n) is 7.86. The molecule has 11 heavy (non-hydrogen) atoms. The van der Waals surface area contributed by atoms with Crippen molar-refractivity contribution in [2.24, 2.45) is 5.92 Å². The topological polar surface area (TPSA) is 0 Å². The van der Waals surface area contributed by atoms with E-state index in [4.69, 9.17) is 0 Å². The Labute approximate surface area is 97.8 Å². The first-order valence-corrected chi connectivity index (χ1v) is 3.59. The van der Waals surface area contributed by atoms with Crippen LogP contribution in [0.4, 0.5) is 0 Å². The summed E-state index contributed by atoms with van der Waals surface area (Å²) in [5, 5.41) is 0. The van der Waals surface area contributed by atoms with Gasteiger partial charge in [-0.25, -0.2) is 0 Å². The fourth-order valence-corrected chi connectivity index (χ4v) is 0.657. The van der Waals surface area contributed by atoms with Crippen molar-refractivity contribution in [2.75, 3.05) is 0 Å². The van der Waals surface area contributed by atoms with Crippen LogP contribution in [-0.2, 0) is 0 Å². The average Bonchev–Trinajstić information content (AvgIpc) is 1.63. The van der Waals surface area contributed by atoms with Gasteiger partial charge in [-0.05, 0) is 20.3 Å². The van der Waals surface area contributed by atoms with Gasteiger partial charge in [0.15, 0.2) is 0 Å². The van der Waals surface area contributed by atoms with Gasteiger partial charge in [0.2, 0.25) is 0 Å². The molecule has 2 heteroatoms. The van der Waals surface area contributed by atoms with Gasteiger partial charge >= 0.3 is 23.1 Å². The quantitative estimate of drug-likeness (QED) is 0.358. The van der Waals surface area contributed by atoms with Crippen molar-refractivity contribution in [3.05, 3.63) is 18.6 Å². The molecule has 0 spiro atoms. The SMILES string of the molecule is [Br-].[CH2-]C(C)CCC=C(C)C.[Mg+2]. The summed E-state index contributed by atoms with van der Waals surface area (Å²) >= 11 is 0. The van der Waals surface area contributed by atoms with E-state index in [2.05, 4.69) is 33.8 Å². The van der Waals surface area contributed by atoms with Gasteiger partial charge in [0.05, 0.1) is 0 Å². The van der Waals surface area contributed by atoms with Gasteiger partial charge in [0.1, 0.15) is 0 Å². The molecule has 1 unspecified atom stereocenters. The van der Waals surface area contributed by atoms with E-state index in [1.54, 1.807) is 0 Å². The van der Waals surface area contributed by atoms with Crippen molar-refractivity contribution in [1.29, 1.82) is 0 Å². The molecular formula is C9H17BrMg. The molecular weight excluding hydrogens is 212 g/mol. The van der Waals surface area contributed by atoms with Crippen LogP contribution in [0.3, 0.4) is 0 Å². The Kier molecular flexibility index (Phi) is 17.9. The third-order valence-corrected chi connectivity index (χ3v) is 1.21. The maximum Gasteiger partial charge on any atom is 2.00 e. The van der Waals surface area contributed by atoms with Crippen LogP contribution in [-0.4, -0.2) is 23.1 Å². The van der Waals surface area contributed by atoms with Crippen LogP contribution in [0.1, 0.15) is 33.6 Å². The van der Waals surface area contributed by atoms with Crippen LogP contribution in [0.5, 0.6) is 0 Å². The summed E-state index contributed by atoms with van der Waals surface area (Å²) in [4.78, 5) is 0. The molecule has 0 aliphatic carbocycles. The number of halogens is 1. The third kappa shape index (κ3) is 18.2. The van der Waals surface area contributed by atoms with Crippen LogP contribution in [0, 0.1) is 12.8 Å². The van der Waals surface area contributed by atoms with E-state index in [9.17, 15) is 0 Å². The number of allylic oxidation sites excluding steroid dienone is 2. The standard InChI is InChI=1S/C9H17.BrH.Mg/c1-8(2)6-5-7-9(3)4;;/h7-8H,1,5-6H2,2-4H3;1H;/q-1;;+2/p-1. The van der Waals surface area contributed by atoms with E-state index in [-0.39, 0.29) is 40.0 Å². The van der Waals surface area contributed by atoms with Crippen molar-refractivity contribution in [2.45, 2.75) is 33.6 Å². The maximum absolute atomic E-state index is 3.91. The van der Waals surface area contributed by atoms with Gasteiger partial charge < -0.3 is 23.9 Å². The average molecular weight is 229 g/mol. The van der Waals surface area contributed by atoms with Crippen molar-refractivity contribution in [1.82, 2.24) is 0 Å². The monoisotopic (exact) mass is 228 g/mol. The molecule has 0 aromatic rings. The summed E-state index contributed by atoms with van der Waals surface area (Å²) in [6.45, 7) is 10.3. The molecule has 0 N–H and O–H groups in total. The molecule has 0 aliphatic heterocycles. The minimum Gasteiger partial charge on any atom is -1.00 e.